The lowest BCUT2D eigenvalue weighted by atomic mass is 9.97. The first-order chi connectivity index (χ1) is 13.4. The SMILES string of the molecule is COCCN1C(=O)c2oc3cc(C)c(C)cc3c(=O)c2C1c1cccc(F)c1. The molecule has 4 rings (SSSR count). The van der Waals surface area contributed by atoms with Gasteiger partial charge < -0.3 is 14.1 Å². The van der Waals surface area contributed by atoms with Crippen LogP contribution in [-0.4, -0.2) is 31.1 Å². The van der Waals surface area contributed by atoms with Crippen LogP contribution in [0.2, 0.25) is 0 Å². The van der Waals surface area contributed by atoms with E-state index in [0.717, 1.165) is 11.1 Å². The summed E-state index contributed by atoms with van der Waals surface area (Å²) >= 11 is 0. The predicted octanol–water partition coefficient (Wildman–Crippen LogP) is 3.74. The van der Waals surface area contributed by atoms with Gasteiger partial charge in [0.25, 0.3) is 5.91 Å². The maximum absolute atomic E-state index is 13.9. The standard InChI is InChI=1S/C22H20FNO4/c1-12-9-16-17(10-13(12)2)28-21-18(20(16)25)19(14-5-4-6-15(23)11-14)24(22(21)26)7-8-27-3/h4-6,9-11,19H,7-8H2,1-3H3. The number of aryl methyl sites for hydroxylation is 2. The van der Waals surface area contributed by atoms with E-state index in [1.54, 1.807) is 24.3 Å². The van der Waals surface area contributed by atoms with Gasteiger partial charge in [-0.25, -0.2) is 4.39 Å². The zero-order valence-corrected chi connectivity index (χ0v) is 15.9. The highest BCUT2D eigenvalue weighted by Crippen LogP contribution is 2.38. The number of carbonyl (C=O) groups excluding carboxylic acids is 1. The number of halogens is 1. The molecule has 28 heavy (non-hydrogen) atoms. The van der Waals surface area contributed by atoms with E-state index in [0.29, 0.717) is 16.5 Å². The lowest BCUT2D eigenvalue weighted by molar-refractivity contribution is 0.0663. The maximum atomic E-state index is 13.9. The molecular formula is C22H20FNO4. The maximum Gasteiger partial charge on any atom is 0.290 e. The van der Waals surface area contributed by atoms with Crippen LogP contribution >= 0.6 is 0 Å². The summed E-state index contributed by atoms with van der Waals surface area (Å²) in [7, 11) is 1.54. The summed E-state index contributed by atoms with van der Waals surface area (Å²) in [5.41, 5.74) is 2.83. The summed E-state index contributed by atoms with van der Waals surface area (Å²) in [6.45, 7) is 4.39. The fourth-order valence-electron chi connectivity index (χ4n) is 3.72. The highest BCUT2D eigenvalue weighted by atomic mass is 19.1. The second-order valence-corrected chi connectivity index (χ2v) is 7.06. The largest absolute Gasteiger partial charge is 0.450 e. The molecule has 1 unspecified atom stereocenters. The Labute approximate surface area is 161 Å². The molecule has 0 bridgehead atoms. The third-order valence-electron chi connectivity index (χ3n) is 5.28. The Balaban J connectivity index is 2.00. The molecule has 0 spiro atoms. The van der Waals surface area contributed by atoms with E-state index >= 15 is 0 Å². The first-order valence-electron chi connectivity index (χ1n) is 9.05. The smallest absolute Gasteiger partial charge is 0.290 e. The van der Waals surface area contributed by atoms with Crippen molar-refractivity contribution in [1.29, 1.82) is 0 Å². The van der Waals surface area contributed by atoms with E-state index in [2.05, 4.69) is 0 Å². The molecule has 6 heteroatoms. The van der Waals surface area contributed by atoms with Crippen LogP contribution in [0.1, 0.15) is 38.9 Å². The van der Waals surface area contributed by atoms with Crippen molar-refractivity contribution in [1.82, 2.24) is 4.90 Å². The van der Waals surface area contributed by atoms with Crippen LogP contribution in [0, 0.1) is 19.7 Å². The lowest BCUT2D eigenvalue weighted by Gasteiger charge is -2.24. The molecule has 0 N–H and O–H groups in total. The van der Waals surface area contributed by atoms with Crippen molar-refractivity contribution < 1.29 is 18.3 Å². The molecule has 1 aromatic heterocycles. The number of hydrogen-bond acceptors (Lipinski definition) is 4. The molecule has 5 nitrogen and oxygen atoms in total. The zero-order valence-electron chi connectivity index (χ0n) is 15.9. The van der Waals surface area contributed by atoms with Crippen molar-refractivity contribution in [3.05, 3.63) is 80.5 Å². The summed E-state index contributed by atoms with van der Waals surface area (Å²) in [5.74, 6) is -0.800. The topological polar surface area (TPSA) is 59.8 Å². The van der Waals surface area contributed by atoms with Gasteiger partial charge in [-0.15, -0.1) is 0 Å². The van der Waals surface area contributed by atoms with Crippen LogP contribution in [0.5, 0.6) is 0 Å². The molecule has 144 valence electrons. The molecule has 1 aliphatic heterocycles. The Morgan fingerprint density at radius 3 is 2.61 bits per heavy atom. The fraction of sp³-hybridized carbons (Fsp3) is 0.273. The Bertz CT molecular complexity index is 1150. The molecule has 0 fully saturated rings. The van der Waals surface area contributed by atoms with Gasteiger partial charge in [-0.3, -0.25) is 9.59 Å². The number of carbonyl (C=O) groups is 1. The number of amides is 1. The van der Waals surface area contributed by atoms with Crippen LogP contribution < -0.4 is 5.43 Å². The monoisotopic (exact) mass is 381 g/mol. The molecule has 1 aliphatic rings. The minimum Gasteiger partial charge on any atom is -0.450 e. The van der Waals surface area contributed by atoms with Gasteiger partial charge in [0.2, 0.25) is 5.76 Å². The first kappa shape index (κ1) is 18.4. The molecule has 0 saturated carbocycles. The summed E-state index contributed by atoms with van der Waals surface area (Å²) in [6.07, 6.45) is 0. The van der Waals surface area contributed by atoms with Gasteiger partial charge in [0.15, 0.2) is 5.43 Å². The minimum atomic E-state index is -0.712. The third kappa shape index (κ3) is 2.81. The highest BCUT2D eigenvalue weighted by molar-refractivity contribution is 5.99. The van der Waals surface area contributed by atoms with Crippen LogP contribution in [0.4, 0.5) is 4.39 Å². The Morgan fingerprint density at radius 2 is 1.89 bits per heavy atom. The van der Waals surface area contributed by atoms with E-state index in [4.69, 9.17) is 9.15 Å². The van der Waals surface area contributed by atoms with Crippen molar-refractivity contribution in [3.63, 3.8) is 0 Å². The van der Waals surface area contributed by atoms with Crippen molar-refractivity contribution >= 4 is 16.9 Å². The third-order valence-corrected chi connectivity index (χ3v) is 5.28. The first-order valence-corrected chi connectivity index (χ1v) is 9.05. The molecule has 1 atom stereocenters. The molecule has 2 heterocycles. The summed E-state index contributed by atoms with van der Waals surface area (Å²) in [4.78, 5) is 27.9. The molecule has 1 amide bonds. The van der Waals surface area contributed by atoms with Gasteiger partial charge in [-0.1, -0.05) is 12.1 Å². The van der Waals surface area contributed by atoms with E-state index < -0.39 is 17.8 Å². The normalized spacial score (nSPS) is 16.1. The summed E-state index contributed by atoms with van der Waals surface area (Å²) in [6, 6.07) is 8.79. The number of methoxy groups -OCH3 is 1. The van der Waals surface area contributed by atoms with Crippen molar-refractivity contribution in [2.45, 2.75) is 19.9 Å². The van der Waals surface area contributed by atoms with Gasteiger partial charge in [0.1, 0.15) is 11.4 Å². The van der Waals surface area contributed by atoms with E-state index in [1.807, 2.05) is 13.8 Å². The van der Waals surface area contributed by atoms with Gasteiger partial charge in [-0.2, -0.15) is 0 Å². The number of hydrogen-bond donors (Lipinski definition) is 0. The van der Waals surface area contributed by atoms with Gasteiger partial charge in [-0.05, 0) is 54.8 Å². The van der Waals surface area contributed by atoms with Crippen molar-refractivity contribution in [2.24, 2.45) is 0 Å². The predicted molar refractivity (Wildman–Crippen MR) is 103 cm³/mol. The Kier molecular flexibility index (Phi) is 4.51. The van der Waals surface area contributed by atoms with Crippen LogP contribution in [0.3, 0.4) is 0 Å². The zero-order chi connectivity index (χ0) is 20.0. The minimum absolute atomic E-state index is 0.0196. The van der Waals surface area contributed by atoms with E-state index in [1.165, 1.54) is 24.1 Å². The van der Waals surface area contributed by atoms with Crippen molar-refractivity contribution in [3.8, 4) is 0 Å². The molecular weight excluding hydrogens is 361 g/mol. The number of fused-ring (bicyclic) bond motifs is 2. The van der Waals surface area contributed by atoms with Crippen LogP contribution in [0.15, 0.2) is 45.6 Å². The Morgan fingerprint density at radius 1 is 1.14 bits per heavy atom. The number of benzene rings is 2. The van der Waals surface area contributed by atoms with Gasteiger partial charge in [0, 0.05) is 13.7 Å². The van der Waals surface area contributed by atoms with Crippen LogP contribution in [0.25, 0.3) is 11.0 Å². The van der Waals surface area contributed by atoms with Crippen molar-refractivity contribution in [2.75, 3.05) is 20.3 Å². The van der Waals surface area contributed by atoms with Crippen LogP contribution in [-0.2, 0) is 4.74 Å². The number of rotatable bonds is 4. The van der Waals surface area contributed by atoms with E-state index in [-0.39, 0.29) is 29.9 Å². The molecule has 0 radical (unpaired) electrons. The van der Waals surface area contributed by atoms with E-state index in [9.17, 15) is 14.0 Å². The van der Waals surface area contributed by atoms with Gasteiger partial charge in [0.05, 0.1) is 23.6 Å². The fourth-order valence-corrected chi connectivity index (χ4v) is 3.72. The second kappa shape index (κ2) is 6.87. The average molecular weight is 381 g/mol. The average Bonchev–Trinajstić information content (AvgIpc) is 2.94. The number of ether oxygens (including phenoxy) is 1. The quantitative estimate of drug-likeness (QED) is 0.691. The molecule has 0 saturated heterocycles. The van der Waals surface area contributed by atoms with Gasteiger partial charge >= 0.3 is 0 Å². The Hall–Kier alpha value is -2.99. The molecule has 3 aromatic rings. The number of nitrogens with zero attached hydrogens (tertiary/aromatic N) is 1. The summed E-state index contributed by atoms with van der Waals surface area (Å²) in [5, 5.41) is 0.421. The summed E-state index contributed by atoms with van der Waals surface area (Å²) < 4.78 is 24.9. The second-order valence-electron chi connectivity index (χ2n) is 7.06. The molecule has 0 aliphatic carbocycles. The molecule has 2 aromatic carbocycles. The highest BCUT2D eigenvalue weighted by Gasteiger charge is 2.42. The lowest BCUT2D eigenvalue weighted by Crippen LogP contribution is -2.32.